The maximum Gasteiger partial charge on any atom is 0.245 e. The second-order valence-corrected chi connectivity index (χ2v) is 4.26. The van der Waals surface area contributed by atoms with E-state index < -0.39 is 0 Å². The van der Waals surface area contributed by atoms with E-state index in [1.165, 1.54) is 0 Å². The molecule has 4 nitrogen and oxygen atoms in total. The minimum atomic E-state index is 0.0979. The summed E-state index contributed by atoms with van der Waals surface area (Å²) in [5.74, 6) is 0.196. The number of carbonyl (C=O) groups excluding carboxylic acids is 2. The van der Waals surface area contributed by atoms with Gasteiger partial charge in [0.05, 0.1) is 0 Å². The summed E-state index contributed by atoms with van der Waals surface area (Å²) in [6.45, 7) is 3.80. The summed E-state index contributed by atoms with van der Waals surface area (Å²) in [4.78, 5) is 22.4. The third-order valence-corrected chi connectivity index (χ3v) is 2.57. The Bertz CT molecular complexity index is 534. The highest BCUT2D eigenvalue weighted by molar-refractivity contribution is 5.79. The molecule has 2 rings (SSSR count). The van der Waals surface area contributed by atoms with Crippen LogP contribution in [0.2, 0.25) is 0 Å². The van der Waals surface area contributed by atoms with E-state index in [1.807, 2.05) is 39.7 Å². The third-order valence-electron chi connectivity index (χ3n) is 2.57. The number of para-hydroxylation sites is 2. The van der Waals surface area contributed by atoms with Crippen LogP contribution in [-0.2, 0) is 22.7 Å². The van der Waals surface area contributed by atoms with E-state index in [0.29, 0.717) is 13.1 Å². The van der Waals surface area contributed by atoms with E-state index >= 15 is 0 Å². The van der Waals surface area contributed by atoms with Gasteiger partial charge < -0.3 is 0 Å². The molecule has 0 N–H and O–H groups in total. The van der Waals surface area contributed by atoms with E-state index in [4.69, 9.17) is 0 Å². The van der Waals surface area contributed by atoms with Crippen LogP contribution in [-0.4, -0.2) is 16.1 Å². The van der Waals surface area contributed by atoms with Gasteiger partial charge in [-0.3, -0.25) is 9.59 Å². The average Bonchev–Trinajstić information content (AvgIpc) is 2.56. The smallest absolute Gasteiger partial charge is 0.245 e. The normalized spacial score (nSPS) is 10.7. The number of rotatable bonds is 4. The van der Waals surface area contributed by atoms with Crippen LogP contribution in [0.15, 0.2) is 30.6 Å². The van der Waals surface area contributed by atoms with Crippen molar-refractivity contribution in [3.05, 3.63) is 30.6 Å². The monoisotopic (exact) mass is 231 g/mol. The third kappa shape index (κ3) is 2.41. The highest BCUT2D eigenvalue weighted by atomic mass is 16.1. The topological polar surface area (TPSA) is 43.0 Å². The summed E-state index contributed by atoms with van der Waals surface area (Å²) in [5.41, 5.74) is 1.95. The number of nitrogens with zero attached hydrogens (tertiary/aromatic N) is 2. The van der Waals surface area contributed by atoms with Crippen molar-refractivity contribution >= 4 is 22.6 Å². The van der Waals surface area contributed by atoms with Crippen LogP contribution in [0.25, 0.3) is 11.0 Å². The molecule has 0 aliphatic carbocycles. The first-order chi connectivity index (χ1) is 8.08. The zero-order valence-corrected chi connectivity index (χ0v) is 10.0. The van der Waals surface area contributed by atoms with E-state index in [9.17, 15) is 9.59 Å². The molecule has 1 aromatic carbocycles. The fourth-order valence-electron chi connectivity index (χ4n) is 1.97. The van der Waals surface area contributed by atoms with E-state index in [-0.39, 0.29) is 11.6 Å². The predicted octanol–water partition coefficient (Wildman–Crippen LogP) is 1.11. The van der Waals surface area contributed by atoms with Crippen molar-refractivity contribution in [3.8, 4) is 0 Å². The molecule has 0 spiro atoms. The Hall–Kier alpha value is -1.97. The van der Waals surface area contributed by atoms with Crippen LogP contribution >= 0.6 is 0 Å². The number of hydrogen-bond acceptors (Lipinski definition) is 2. The standard InChI is InChI=1S/C13H15N2O2/c1-10(16)7-14-9-15(8-11(2)17)13-6-4-3-5-12(13)14/h3-6,9H,7-8H2,1-2H3/q+1. The van der Waals surface area contributed by atoms with Gasteiger partial charge in [0.15, 0.2) is 22.6 Å². The van der Waals surface area contributed by atoms with Crippen LogP contribution in [0, 0.1) is 0 Å². The minimum absolute atomic E-state index is 0.0979. The Morgan fingerprint density at radius 3 is 2.53 bits per heavy atom. The molecule has 17 heavy (non-hydrogen) atoms. The molecule has 0 saturated heterocycles. The molecule has 4 heteroatoms. The summed E-state index contributed by atoms with van der Waals surface area (Å²) >= 11 is 0. The lowest BCUT2D eigenvalue weighted by Gasteiger charge is -1.91. The molecule has 1 aromatic heterocycles. The second-order valence-electron chi connectivity index (χ2n) is 4.26. The van der Waals surface area contributed by atoms with Crippen LogP contribution in [0.5, 0.6) is 0 Å². The van der Waals surface area contributed by atoms with Gasteiger partial charge in [-0.1, -0.05) is 12.1 Å². The van der Waals surface area contributed by atoms with Gasteiger partial charge in [0.1, 0.15) is 13.1 Å². The summed E-state index contributed by atoms with van der Waals surface area (Å²) in [7, 11) is 0. The molecule has 0 aliphatic heterocycles. The second kappa shape index (κ2) is 4.49. The first-order valence-corrected chi connectivity index (χ1v) is 5.54. The summed E-state index contributed by atoms with van der Waals surface area (Å²) in [6.07, 6.45) is 1.83. The van der Waals surface area contributed by atoms with Crippen LogP contribution in [0.3, 0.4) is 0 Å². The van der Waals surface area contributed by atoms with E-state index in [1.54, 1.807) is 13.8 Å². The highest BCUT2D eigenvalue weighted by Gasteiger charge is 2.16. The van der Waals surface area contributed by atoms with Gasteiger partial charge in [-0.2, -0.15) is 0 Å². The Balaban J connectivity index is 2.53. The molecular formula is C13H15N2O2+. The van der Waals surface area contributed by atoms with Crippen molar-refractivity contribution in [2.45, 2.75) is 26.9 Å². The molecule has 88 valence electrons. The Labute approximate surface area is 99.5 Å². The maximum atomic E-state index is 11.2. The Morgan fingerprint density at radius 1 is 1.18 bits per heavy atom. The number of benzene rings is 1. The fraction of sp³-hybridized carbons (Fsp3) is 0.308. The van der Waals surface area contributed by atoms with Gasteiger partial charge in [-0.25, -0.2) is 9.13 Å². The molecule has 0 fully saturated rings. The largest absolute Gasteiger partial charge is 0.296 e. The molecule has 2 aromatic rings. The molecule has 0 radical (unpaired) electrons. The molecule has 0 bridgehead atoms. The molecule has 1 heterocycles. The number of aromatic nitrogens is 2. The van der Waals surface area contributed by atoms with Crippen molar-refractivity contribution in [2.24, 2.45) is 0 Å². The number of fused-ring (bicyclic) bond motifs is 1. The molecular weight excluding hydrogens is 216 g/mol. The number of imidazole rings is 1. The van der Waals surface area contributed by atoms with Crippen LogP contribution < -0.4 is 4.57 Å². The summed E-state index contributed by atoms with van der Waals surface area (Å²) in [5, 5.41) is 0. The van der Waals surface area contributed by atoms with Gasteiger partial charge >= 0.3 is 0 Å². The number of Topliss-reactive ketones (excluding diaryl/α,β-unsaturated/α-hetero) is 2. The van der Waals surface area contributed by atoms with E-state index in [2.05, 4.69) is 0 Å². The van der Waals surface area contributed by atoms with Gasteiger partial charge in [0, 0.05) is 0 Å². The number of hydrogen-bond donors (Lipinski definition) is 0. The predicted molar refractivity (Wildman–Crippen MR) is 63.5 cm³/mol. The molecule has 0 unspecified atom stereocenters. The molecule has 0 atom stereocenters. The van der Waals surface area contributed by atoms with Crippen LogP contribution in [0.4, 0.5) is 0 Å². The number of ketones is 2. The highest BCUT2D eigenvalue weighted by Crippen LogP contribution is 2.10. The first-order valence-electron chi connectivity index (χ1n) is 5.54. The SMILES string of the molecule is CC(=O)Cn1c[n+](CC(C)=O)c2ccccc21. The summed E-state index contributed by atoms with van der Waals surface area (Å²) in [6, 6.07) is 7.76. The lowest BCUT2D eigenvalue weighted by atomic mass is 10.3. The first kappa shape index (κ1) is 11.5. The van der Waals surface area contributed by atoms with Gasteiger partial charge in [0.2, 0.25) is 6.33 Å². The van der Waals surface area contributed by atoms with Gasteiger partial charge in [-0.15, -0.1) is 0 Å². The fourth-order valence-corrected chi connectivity index (χ4v) is 1.97. The van der Waals surface area contributed by atoms with Crippen molar-refractivity contribution < 1.29 is 14.2 Å². The molecule has 0 aliphatic rings. The zero-order valence-electron chi connectivity index (χ0n) is 10.0. The van der Waals surface area contributed by atoms with Crippen molar-refractivity contribution in [2.75, 3.05) is 0 Å². The van der Waals surface area contributed by atoms with E-state index in [0.717, 1.165) is 11.0 Å². The Morgan fingerprint density at radius 2 is 1.88 bits per heavy atom. The lowest BCUT2D eigenvalue weighted by molar-refractivity contribution is -0.659. The quantitative estimate of drug-likeness (QED) is 0.740. The minimum Gasteiger partial charge on any atom is -0.296 e. The van der Waals surface area contributed by atoms with Crippen molar-refractivity contribution in [1.29, 1.82) is 0 Å². The Kier molecular flexibility index (Phi) is 3.04. The van der Waals surface area contributed by atoms with Crippen molar-refractivity contribution in [3.63, 3.8) is 0 Å². The van der Waals surface area contributed by atoms with Crippen molar-refractivity contribution in [1.82, 2.24) is 4.57 Å². The van der Waals surface area contributed by atoms with Gasteiger partial charge in [-0.05, 0) is 26.0 Å². The average molecular weight is 231 g/mol. The van der Waals surface area contributed by atoms with Gasteiger partial charge in [0.25, 0.3) is 0 Å². The lowest BCUT2D eigenvalue weighted by Crippen LogP contribution is -2.35. The number of carbonyl (C=O) groups is 2. The molecule has 0 amide bonds. The molecule has 0 saturated carbocycles. The zero-order chi connectivity index (χ0) is 12.4. The maximum absolute atomic E-state index is 11.2. The summed E-state index contributed by atoms with van der Waals surface area (Å²) < 4.78 is 3.75. The van der Waals surface area contributed by atoms with Crippen LogP contribution in [0.1, 0.15) is 13.8 Å².